The lowest BCUT2D eigenvalue weighted by atomic mass is 9.87. The molecule has 19 heavy (non-hydrogen) atoms. The van der Waals surface area contributed by atoms with Crippen LogP contribution in [0.1, 0.15) is 32.0 Å². The highest BCUT2D eigenvalue weighted by atomic mass is 16.3. The molecule has 0 bridgehead atoms. The van der Waals surface area contributed by atoms with Gasteiger partial charge >= 0.3 is 0 Å². The van der Waals surface area contributed by atoms with Crippen LogP contribution in [-0.2, 0) is 18.9 Å². The molecule has 2 aromatic rings. The maximum Gasteiger partial charge on any atom is 0.139 e. The van der Waals surface area contributed by atoms with Crippen LogP contribution in [-0.4, -0.2) is 21.3 Å². The lowest BCUT2D eigenvalue weighted by molar-refractivity contribution is 0.298. The molecule has 0 atom stereocenters. The summed E-state index contributed by atoms with van der Waals surface area (Å²) in [6.45, 7) is 6.77. The minimum atomic E-state index is 0.138. The van der Waals surface area contributed by atoms with Crippen LogP contribution >= 0.6 is 0 Å². The number of nitrogens with zero attached hydrogens (tertiary/aromatic N) is 2. The summed E-state index contributed by atoms with van der Waals surface area (Å²) in [5, 5.41) is 8.97. The molecular weight excluding hydrogens is 236 g/mol. The highest BCUT2D eigenvalue weighted by Gasteiger charge is 2.14. The average Bonchev–Trinajstić information content (AvgIpc) is 2.70. The molecule has 0 saturated heterocycles. The Morgan fingerprint density at radius 3 is 2.32 bits per heavy atom. The van der Waals surface area contributed by atoms with E-state index < -0.39 is 0 Å². The number of imidazole rings is 1. The zero-order valence-corrected chi connectivity index (χ0v) is 12.1. The number of aromatic nitrogens is 2. The molecule has 2 rings (SSSR count). The normalized spacial score (nSPS) is 11.8. The maximum atomic E-state index is 8.97. The van der Waals surface area contributed by atoms with E-state index in [0.29, 0.717) is 6.42 Å². The second-order valence-electron chi connectivity index (χ2n) is 5.97. The van der Waals surface area contributed by atoms with Crippen LogP contribution in [0.3, 0.4) is 0 Å². The first-order valence-electron chi connectivity index (χ1n) is 6.66. The molecule has 3 nitrogen and oxygen atoms in total. The first-order valence-corrected chi connectivity index (χ1v) is 6.66. The monoisotopic (exact) mass is 258 g/mol. The van der Waals surface area contributed by atoms with Crippen molar-refractivity contribution in [3.63, 3.8) is 0 Å². The molecule has 3 heteroatoms. The molecule has 1 N–H and O–H groups in total. The van der Waals surface area contributed by atoms with E-state index in [1.165, 1.54) is 5.56 Å². The lowest BCUT2D eigenvalue weighted by Gasteiger charge is -2.19. The molecule has 1 aromatic carbocycles. The number of benzene rings is 1. The van der Waals surface area contributed by atoms with Gasteiger partial charge in [0, 0.05) is 31.8 Å². The van der Waals surface area contributed by atoms with Crippen molar-refractivity contribution in [3.8, 4) is 11.4 Å². The van der Waals surface area contributed by atoms with Gasteiger partial charge in [0.2, 0.25) is 0 Å². The van der Waals surface area contributed by atoms with E-state index in [0.717, 1.165) is 17.1 Å². The van der Waals surface area contributed by atoms with Crippen molar-refractivity contribution in [1.29, 1.82) is 0 Å². The number of hydrogen-bond donors (Lipinski definition) is 1. The minimum Gasteiger partial charge on any atom is -0.396 e. The SMILES string of the molecule is Cn1cc(CCO)nc1-c1ccc(C(C)(C)C)cc1. The van der Waals surface area contributed by atoms with Crippen molar-refractivity contribution in [3.05, 3.63) is 41.7 Å². The van der Waals surface area contributed by atoms with Gasteiger partial charge in [-0.25, -0.2) is 4.98 Å². The van der Waals surface area contributed by atoms with Gasteiger partial charge in [0.15, 0.2) is 0 Å². The third kappa shape index (κ3) is 3.04. The van der Waals surface area contributed by atoms with Crippen LogP contribution in [0, 0.1) is 0 Å². The van der Waals surface area contributed by atoms with Crippen LogP contribution in [0.15, 0.2) is 30.5 Å². The number of hydrogen-bond acceptors (Lipinski definition) is 2. The summed E-state index contributed by atoms with van der Waals surface area (Å²) >= 11 is 0. The third-order valence-electron chi connectivity index (χ3n) is 3.30. The van der Waals surface area contributed by atoms with Gasteiger partial charge in [-0.05, 0) is 11.0 Å². The fourth-order valence-corrected chi connectivity index (χ4v) is 2.15. The van der Waals surface area contributed by atoms with Gasteiger partial charge in [0.1, 0.15) is 5.82 Å². The molecule has 0 spiro atoms. The molecule has 1 aromatic heterocycles. The van der Waals surface area contributed by atoms with Gasteiger partial charge in [-0.2, -0.15) is 0 Å². The summed E-state index contributed by atoms with van der Waals surface area (Å²) in [5.74, 6) is 0.948. The molecule has 1 heterocycles. The van der Waals surface area contributed by atoms with Crippen molar-refractivity contribution in [2.45, 2.75) is 32.6 Å². The summed E-state index contributed by atoms with van der Waals surface area (Å²) in [6.07, 6.45) is 2.58. The molecule has 0 saturated carbocycles. The Balaban J connectivity index is 2.32. The average molecular weight is 258 g/mol. The van der Waals surface area contributed by atoms with Crippen LogP contribution in [0.25, 0.3) is 11.4 Å². The molecule has 0 radical (unpaired) electrons. The number of aryl methyl sites for hydroxylation is 1. The largest absolute Gasteiger partial charge is 0.396 e. The number of aliphatic hydroxyl groups excluding tert-OH is 1. The van der Waals surface area contributed by atoms with E-state index in [1.54, 1.807) is 0 Å². The topological polar surface area (TPSA) is 38.0 Å². The molecule has 0 unspecified atom stereocenters. The van der Waals surface area contributed by atoms with E-state index in [-0.39, 0.29) is 12.0 Å². The van der Waals surface area contributed by atoms with Crippen molar-refractivity contribution in [2.24, 2.45) is 7.05 Å². The van der Waals surface area contributed by atoms with Crippen molar-refractivity contribution < 1.29 is 5.11 Å². The predicted molar refractivity (Wildman–Crippen MR) is 78.1 cm³/mol. The zero-order chi connectivity index (χ0) is 14.0. The van der Waals surface area contributed by atoms with E-state index in [4.69, 9.17) is 5.11 Å². The molecule has 0 amide bonds. The molecular formula is C16H22N2O. The Bertz CT molecular complexity index is 547. The van der Waals surface area contributed by atoms with Crippen LogP contribution in [0.4, 0.5) is 0 Å². The fraction of sp³-hybridized carbons (Fsp3) is 0.438. The summed E-state index contributed by atoms with van der Waals surface area (Å²) in [6, 6.07) is 8.56. The van der Waals surface area contributed by atoms with E-state index in [2.05, 4.69) is 50.0 Å². The van der Waals surface area contributed by atoms with E-state index in [9.17, 15) is 0 Å². The van der Waals surface area contributed by atoms with Gasteiger partial charge in [0.05, 0.1) is 5.69 Å². The van der Waals surface area contributed by atoms with Gasteiger partial charge < -0.3 is 9.67 Å². The first-order chi connectivity index (χ1) is 8.91. The Labute approximate surface area is 114 Å². The summed E-state index contributed by atoms with van der Waals surface area (Å²) in [4.78, 5) is 4.56. The maximum absolute atomic E-state index is 8.97. The lowest BCUT2D eigenvalue weighted by Crippen LogP contribution is -2.10. The third-order valence-corrected chi connectivity index (χ3v) is 3.30. The number of aliphatic hydroxyl groups is 1. The highest BCUT2D eigenvalue weighted by molar-refractivity contribution is 5.57. The van der Waals surface area contributed by atoms with Gasteiger partial charge in [-0.15, -0.1) is 0 Å². The van der Waals surface area contributed by atoms with Gasteiger partial charge in [-0.1, -0.05) is 45.0 Å². The highest BCUT2D eigenvalue weighted by Crippen LogP contribution is 2.25. The van der Waals surface area contributed by atoms with Crippen LogP contribution in [0.2, 0.25) is 0 Å². The van der Waals surface area contributed by atoms with Crippen molar-refractivity contribution in [2.75, 3.05) is 6.61 Å². The standard InChI is InChI=1S/C16H22N2O/c1-16(2,3)13-7-5-12(6-8-13)15-17-14(9-10-19)11-18(15)4/h5-8,11,19H,9-10H2,1-4H3. The Morgan fingerprint density at radius 1 is 1.16 bits per heavy atom. The molecule has 0 fully saturated rings. The van der Waals surface area contributed by atoms with Crippen molar-refractivity contribution >= 4 is 0 Å². The first kappa shape index (κ1) is 13.8. The zero-order valence-electron chi connectivity index (χ0n) is 12.1. The fourth-order valence-electron chi connectivity index (χ4n) is 2.15. The van der Waals surface area contributed by atoms with Gasteiger partial charge in [0.25, 0.3) is 0 Å². The quantitative estimate of drug-likeness (QED) is 0.919. The second kappa shape index (κ2) is 5.17. The van der Waals surface area contributed by atoms with E-state index in [1.807, 2.05) is 17.8 Å². The Morgan fingerprint density at radius 2 is 1.79 bits per heavy atom. The van der Waals surface area contributed by atoms with Crippen molar-refractivity contribution in [1.82, 2.24) is 9.55 Å². The van der Waals surface area contributed by atoms with Crippen LogP contribution in [0.5, 0.6) is 0 Å². The molecule has 0 aliphatic rings. The summed E-state index contributed by atoms with van der Waals surface area (Å²) in [5.41, 5.74) is 3.53. The summed E-state index contributed by atoms with van der Waals surface area (Å²) < 4.78 is 2.01. The van der Waals surface area contributed by atoms with Crippen LogP contribution < -0.4 is 0 Å². The Kier molecular flexibility index (Phi) is 3.76. The molecule has 102 valence electrons. The second-order valence-corrected chi connectivity index (χ2v) is 5.97. The molecule has 0 aliphatic carbocycles. The minimum absolute atomic E-state index is 0.138. The molecule has 0 aliphatic heterocycles. The number of rotatable bonds is 3. The Hall–Kier alpha value is -1.61. The summed E-state index contributed by atoms with van der Waals surface area (Å²) in [7, 11) is 1.99. The van der Waals surface area contributed by atoms with Gasteiger partial charge in [-0.3, -0.25) is 0 Å². The predicted octanol–water partition coefficient (Wildman–Crippen LogP) is 2.92. The van der Waals surface area contributed by atoms with E-state index >= 15 is 0 Å². The smallest absolute Gasteiger partial charge is 0.139 e.